The summed E-state index contributed by atoms with van der Waals surface area (Å²) in [6.45, 7) is 1.93. The molecular formula is C27H19ClF3N5S2. The molecule has 0 unspecified atom stereocenters. The van der Waals surface area contributed by atoms with Crippen LogP contribution in [0.25, 0.3) is 27.5 Å². The number of halogens is 4. The number of hydrogen-bond donors (Lipinski definition) is 2. The van der Waals surface area contributed by atoms with Crippen LogP contribution in [0.4, 0.5) is 18.9 Å². The number of alkyl halides is 3. The molecule has 2 N–H and O–H groups in total. The summed E-state index contributed by atoms with van der Waals surface area (Å²) < 4.78 is 39.8. The van der Waals surface area contributed by atoms with E-state index in [2.05, 4.69) is 20.8 Å². The Bertz CT molecular complexity index is 1660. The van der Waals surface area contributed by atoms with E-state index in [-0.39, 0.29) is 16.7 Å². The van der Waals surface area contributed by atoms with Gasteiger partial charge in [-0.25, -0.2) is 4.98 Å². The van der Waals surface area contributed by atoms with Crippen molar-refractivity contribution in [2.24, 2.45) is 5.10 Å². The number of fused-ring (bicyclic) bond motifs is 3. The highest BCUT2D eigenvalue weighted by molar-refractivity contribution is 8.00. The number of aryl methyl sites for hydroxylation is 1. The summed E-state index contributed by atoms with van der Waals surface area (Å²) >= 11 is 11.4. The zero-order chi connectivity index (χ0) is 26.9. The smallest absolute Gasteiger partial charge is 0.330 e. The summed E-state index contributed by atoms with van der Waals surface area (Å²) in [4.78, 5) is 4.70. The van der Waals surface area contributed by atoms with E-state index < -0.39 is 5.51 Å². The van der Waals surface area contributed by atoms with Crippen LogP contribution in [0.5, 0.6) is 0 Å². The molecule has 0 fully saturated rings. The van der Waals surface area contributed by atoms with Crippen LogP contribution in [0.3, 0.4) is 0 Å². The highest BCUT2D eigenvalue weighted by Gasteiger charge is 2.29. The lowest BCUT2D eigenvalue weighted by molar-refractivity contribution is -0.0328. The zero-order valence-corrected chi connectivity index (χ0v) is 22.1. The first-order valence-corrected chi connectivity index (χ1v) is 12.9. The molecule has 5 rings (SSSR count). The van der Waals surface area contributed by atoms with Crippen molar-refractivity contribution in [3.05, 3.63) is 95.3 Å². The Hall–Kier alpha value is -3.60. The van der Waals surface area contributed by atoms with Crippen LogP contribution < -0.4 is 10.7 Å². The second-order valence-electron chi connectivity index (χ2n) is 8.33. The largest absolute Gasteiger partial charge is 0.446 e. The molecule has 0 atom stereocenters. The number of hydrazone groups is 1. The Kier molecular flexibility index (Phi) is 7.29. The second-order valence-corrected chi connectivity index (χ2v) is 10.3. The first kappa shape index (κ1) is 26.0. The molecule has 5 aromatic rings. The van der Waals surface area contributed by atoms with Crippen molar-refractivity contribution in [2.45, 2.75) is 17.3 Å². The number of para-hydroxylation sites is 1. The Labute approximate surface area is 230 Å². The van der Waals surface area contributed by atoms with Gasteiger partial charge < -0.3 is 5.32 Å². The van der Waals surface area contributed by atoms with Crippen molar-refractivity contribution < 1.29 is 13.2 Å². The third kappa shape index (κ3) is 5.77. The molecule has 1 aromatic heterocycles. The fourth-order valence-electron chi connectivity index (χ4n) is 4.02. The van der Waals surface area contributed by atoms with Gasteiger partial charge in [0.1, 0.15) is 6.33 Å². The van der Waals surface area contributed by atoms with Crippen molar-refractivity contribution in [2.75, 3.05) is 5.32 Å². The minimum Gasteiger partial charge on any atom is -0.330 e. The van der Waals surface area contributed by atoms with Crippen LogP contribution in [0.15, 0.2) is 89.1 Å². The van der Waals surface area contributed by atoms with Crippen LogP contribution in [0, 0.1) is 6.92 Å². The highest BCUT2D eigenvalue weighted by Crippen LogP contribution is 2.37. The molecule has 0 amide bonds. The van der Waals surface area contributed by atoms with Crippen molar-refractivity contribution >= 4 is 74.4 Å². The summed E-state index contributed by atoms with van der Waals surface area (Å²) in [5.41, 5.74) is 3.40. The average molecular weight is 570 g/mol. The van der Waals surface area contributed by atoms with E-state index in [1.165, 1.54) is 12.1 Å². The number of nitrogens with zero attached hydrogens (tertiary/aromatic N) is 3. The molecule has 0 saturated carbocycles. The van der Waals surface area contributed by atoms with Gasteiger partial charge >= 0.3 is 5.51 Å². The summed E-state index contributed by atoms with van der Waals surface area (Å²) in [6.07, 6.45) is 3.33. The predicted octanol–water partition coefficient (Wildman–Crippen LogP) is 8.07. The van der Waals surface area contributed by atoms with Crippen LogP contribution in [0.1, 0.15) is 11.1 Å². The molecule has 1 heterocycles. The van der Waals surface area contributed by atoms with Crippen molar-refractivity contribution in [1.29, 1.82) is 0 Å². The number of thioether (sulfide) groups is 1. The van der Waals surface area contributed by atoms with E-state index in [1.54, 1.807) is 30.7 Å². The fraction of sp³-hybridized carbons (Fsp3) is 0.0741. The van der Waals surface area contributed by atoms with Gasteiger partial charge in [-0.1, -0.05) is 41.9 Å². The number of aromatic nitrogens is 2. The molecule has 0 saturated heterocycles. The van der Waals surface area contributed by atoms with Gasteiger partial charge in [-0.05, 0) is 89.9 Å². The standard InChI is InChI=1S/C27H19ClF3N5S2/c1-16-3-2-4-22(28)24(16)34-26(37)35-33-14-17-5-11-21-18(13-17)6-12-23-25(21)32-15-36(23)19-7-9-20(10-8-19)38-27(29,30)31/h2-15H,1H3,(H2,34,35,37)/b33-14+. The third-order valence-corrected chi connectivity index (χ3v) is 6.99. The van der Waals surface area contributed by atoms with E-state index in [0.29, 0.717) is 10.1 Å². The number of nitrogens with one attached hydrogen (secondary N) is 2. The third-order valence-electron chi connectivity index (χ3n) is 5.74. The Morgan fingerprint density at radius 1 is 1.08 bits per heavy atom. The summed E-state index contributed by atoms with van der Waals surface area (Å²) in [5, 5.41) is 10.1. The fourth-order valence-corrected chi connectivity index (χ4v) is 4.98. The maximum Gasteiger partial charge on any atom is 0.446 e. The molecular weight excluding hydrogens is 551 g/mol. The zero-order valence-electron chi connectivity index (χ0n) is 19.8. The normalized spacial score (nSPS) is 11.9. The summed E-state index contributed by atoms with van der Waals surface area (Å²) in [5.74, 6) is 0. The first-order chi connectivity index (χ1) is 18.2. The molecule has 11 heteroatoms. The van der Waals surface area contributed by atoms with Gasteiger partial charge in [0.25, 0.3) is 0 Å². The number of benzene rings is 4. The lowest BCUT2D eigenvalue weighted by Gasteiger charge is -2.11. The number of anilines is 1. The van der Waals surface area contributed by atoms with Gasteiger partial charge in [0.05, 0.1) is 28.0 Å². The van der Waals surface area contributed by atoms with Crippen molar-refractivity contribution in [1.82, 2.24) is 15.0 Å². The Morgan fingerprint density at radius 2 is 1.87 bits per heavy atom. The summed E-state index contributed by atoms with van der Waals surface area (Å²) in [7, 11) is 0. The molecule has 0 spiro atoms. The molecule has 192 valence electrons. The molecule has 0 aliphatic rings. The number of hydrogen-bond acceptors (Lipinski definition) is 4. The SMILES string of the molecule is Cc1cccc(Cl)c1NC(=S)N/N=C/c1ccc2c(ccc3c2ncn3-c2ccc(SC(F)(F)F)cc2)c1. The van der Waals surface area contributed by atoms with Crippen molar-refractivity contribution in [3.8, 4) is 5.69 Å². The van der Waals surface area contributed by atoms with E-state index in [4.69, 9.17) is 23.8 Å². The monoisotopic (exact) mass is 569 g/mol. The first-order valence-electron chi connectivity index (χ1n) is 11.3. The van der Waals surface area contributed by atoms with Gasteiger partial charge in [-0.15, -0.1) is 0 Å². The van der Waals surface area contributed by atoms with Gasteiger partial charge in [-0.3, -0.25) is 9.99 Å². The van der Waals surface area contributed by atoms with Gasteiger partial charge in [0, 0.05) is 16.0 Å². The number of rotatable bonds is 5. The van der Waals surface area contributed by atoms with Crippen LogP contribution in [-0.2, 0) is 0 Å². The number of imidazole rings is 1. The topological polar surface area (TPSA) is 54.2 Å². The minimum atomic E-state index is -4.32. The molecule has 0 aliphatic carbocycles. The van der Waals surface area contributed by atoms with Gasteiger partial charge in [0.15, 0.2) is 5.11 Å². The van der Waals surface area contributed by atoms with Crippen molar-refractivity contribution in [3.63, 3.8) is 0 Å². The van der Waals surface area contributed by atoms with Gasteiger partial charge in [-0.2, -0.15) is 18.3 Å². The van der Waals surface area contributed by atoms with Gasteiger partial charge in [0.2, 0.25) is 0 Å². The van der Waals surface area contributed by atoms with Crippen LogP contribution >= 0.6 is 35.6 Å². The Morgan fingerprint density at radius 3 is 2.61 bits per heavy atom. The van der Waals surface area contributed by atoms with E-state index in [9.17, 15) is 13.2 Å². The summed E-state index contributed by atoms with van der Waals surface area (Å²) in [6, 6.07) is 21.6. The van der Waals surface area contributed by atoms with E-state index in [1.807, 2.05) is 54.0 Å². The predicted molar refractivity (Wildman–Crippen MR) is 154 cm³/mol. The highest BCUT2D eigenvalue weighted by atomic mass is 35.5. The molecule has 0 aliphatic heterocycles. The number of thiocarbonyl (C=S) groups is 1. The average Bonchev–Trinajstić information content (AvgIpc) is 3.30. The Balaban J connectivity index is 1.32. The van der Waals surface area contributed by atoms with Crippen LogP contribution in [-0.4, -0.2) is 26.4 Å². The van der Waals surface area contributed by atoms with E-state index >= 15 is 0 Å². The lowest BCUT2D eigenvalue weighted by Crippen LogP contribution is -2.24. The lowest BCUT2D eigenvalue weighted by atomic mass is 10.1. The molecule has 0 bridgehead atoms. The van der Waals surface area contributed by atoms with Crippen LogP contribution in [0.2, 0.25) is 5.02 Å². The maximum absolute atomic E-state index is 12.6. The molecule has 0 radical (unpaired) electrons. The maximum atomic E-state index is 12.6. The minimum absolute atomic E-state index is 0.134. The second kappa shape index (κ2) is 10.6. The quantitative estimate of drug-likeness (QED) is 0.0970. The molecule has 38 heavy (non-hydrogen) atoms. The molecule has 5 nitrogen and oxygen atoms in total. The molecule has 4 aromatic carbocycles. The van der Waals surface area contributed by atoms with E-state index in [0.717, 1.165) is 44.3 Å².